The molecule has 4 unspecified atom stereocenters. The molecular weight excluding hydrogens is 280 g/mol. The molecule has 2 bridgehead atoms. The predicted molar refractivity (Wildman–Crippen MR) is 86.4 cm³/mol. The molecule has 3 aliphatic rings. The summed E-state index contributed by atoms with van der Waals surface area (Å²) in [5, 5.41) is 0. The molecule has 0 amide bonds. The molecule has 0 aliphatic heterocycles. The van der Waals surface area contributed by atoms with Crippen LogP contribution in [0.15, 0.2) is 25.7 Å². The van der Waals surface area contributed by atoms with Gasteiger partial charge in [0.25, 0.3) is 0 Å². The van der Waals surface area contributed by atoms with E-state index in [1.807, 2.05) is 0 Å². The second-order valence-corrected chi connectivity index (χ2v) is 7.01. The second-order valence-electron chi connectivity index (χ2n) is 7.01. The highest BCUT2D eigenvalue weighted by molar-refractivity contribution is 5.13. The van der Waals surface area contributed by atoms with Crippen molar-refractivity contribution in [3.05, 3.63) is 25.7 Å². The third kappa shape index (κ3) is 3.18. The van der Waals surface area contributed by atoms with Crippen molar-refractivity contribution in [1.82, 2.24) is 0 Å². The largest absolute Gasteiger partial charge is 0.499 e. The van der Waals surface area contributed by atoms with Gasteiger partial charge in [-0.2, -0.15) is 0 Å². The van der Waals surface area contributed by atoms with Crippen molar-refractivity contribution in [2.45, 2.75) is 45.3 Å². The molecule has 0 N–H and O–H groups in total. The Morgan fingerprint density at radius 2 is 1.59 bits per heavy atom. The maximum absolute atomic E-state index is 6.27. The van der Waals surface area contributed by atoms with E-state index in [2.05, 4.69) is 33.9 Å². The molecule has 0 radical (unpaired) electrons. The highest BCUT2D eigenvalue weighted by Crippen LogP contribution is 2.64. The van der Waals surface area contributed by atoms with Crippen LogP contribution in [0, 0.1) is 17.3 Å². The Bertz CT molecular complexity index is 393. The van der Waals surface area contributed by atoms with E-state index in [1.54, 1.807) is 0 Å². The third-order valence-corrected chi connectivity index (χ3v) is 5.67. The van der Waals surface area contributed by atoms with Crippen molar-refractivity contribution in [3.63, 3.8) is 0 Å². The van der Waals surface area contributed by atoms with Gasteiger partial charge in [-0.3, -0.25) is 0 Å². The lowest BCUT2D eigenvalue weighted by atomic mass is 9.43. The summed E-state index contributed by atoms with van der Waals surface area (Å²) in [6.07, 6.45) is 5.30. The maximum Gasteiger partial charge on any atom is 0.111 e. The topological polar surface area (TPSA) is 36.9 Å². The standard InChI is InChI=1S/C18H30O4/c1-6-19-8-10-21-16-13-14-12-15(17(14,3)4)18(16,5)22-11-9-20-7-2/h6-7,14-16H,1-2,8-13H2,3-5H3. The zero-order valence-electron chi connectivity index (χ0n) is 14.2. The molecule has 0 saturated heterocycles. The molecule has 0 heterocycles. The molecule has 3 aliphatic carbocycles. The SMILES string of the molecule is C=COCCOC1CC2CC(C2(C)C)C1(C)OCCOC=C. The molecule has 0 aromatic carbocycles. The Morgan fingerprint density at radius 1 is 0.955 bits per heavy atom. The maximum atomic E-state index is 6.27. The van der Waals surface area contributed by atoms with Crippen LogP contribution in [0.25, 0.3) is 0 Å². The summed E-state index contributed by atoms with van der Waals surface area (Å²) in [5.74, 6) is 1.25. The molecule has 22 heavy (non-hydrogen) atoms. The average Bonchev–Trinajstić information content (AvgIpc) is 2.49. The number of hydrogen-bond donors (Lipinski definition) is 0. The second kappa shape index (κ2) is 7.05. The van der Waals surface area contributed by atoms with Crippen molar-refractivity contribution in [2.75, 3.05) is 26.4 Å². The minimum absolute atomic E-state index is 0.112. The fraction of sp³-hybridized carbons (Fsp3) is 0.778. The van der Waals surface area contributed by atoms with E-state index in [0.717, 1.165) is 12.3 Å². The predicted octanol–water partition coefficient (Wildman–Crippen LogP) is 3.53. The Labute approximate surface area is 134 Å². The highest BCUT2D eigenvalue weighted by Gasteiger charge is 2.64. The van der Waals surface area contributed by atoms with Gasteiger partial charge < -0.3 is 18.9 Å². The molecule has 4 atom stereocenters. The molecular formula is C18H30O4. The molecule has 0 aromatic heterocycles. The number of hydrogen-bond acceptors (Lipinski definition) is 4. The number of rotatable bonds is 10. The Balaban J connectivity index is 1.97. The van der Waals surface area contributed by atoms with Crippen LogP contribution in [-0.4, -0.2) is 38.1 Å². The lowest BCUT2D eigenvalue weighted by Crippen LogP contribution is -2.68. The first-order valence-corrected chi connectivity index (χ1v) is 8.17. The van der Waals surface area contributed by atoms with Crippen LogP contribution in [0.2, 0.25) is 0 Å². The average molecular weight is 310 g/mol. The lowest BCUT2D eigenvalue weighted by Gasteiger charge is -2.66. The number of fused-ring (bicyclic) bond motifs is 2. The van der Waals surface area contributed by atoms with E-state index >= 15 is 0 Å². The van der Waals surface area contributed by atoms with Gasteiger partial charge in [-0.15, -0.1) is 0 Å². The van der Waals surface area contributed by atoms with E-state index in [0.29, 0.717) is 37.8 Å². The van der Waals surface area contributed by atoms with Gasteiger partial charge in [-0.25, -0.2) is 0 Å². The van der Waals surface area contributed by atoms with Crippen molar-refractivity contribution >= 4 is 0 Å². The summed E-state index contributed by atoms with van der Waals surface area (Å²) >= 11 is 0. The zero-order valence-corrected chi connectivity index (χ0v) is 14.2. The minimum Gasteiger partial charge on any atom is -0.499 e. The summed E-state index contributed by atoms with van der Waals surface area (Å²) in [4.78, 5) is 0. The fourth-order valence-corrected chi connectivity index (χ4v) is 4.25. The van der Waals surface area contributed by atoms with Gasteiger partial charge in [-0.1, -0.05) is 27.0 Å². The molecule has 3 saturated carbocycles. The lowest BCUT2D eigenvalue weighted by molar-refractivity contribution is -0.277. The third-order valence-electron chi connectivity index (χ3n) is 5.67. The zero-order chi connectivity index (χ0) is 16.2. The van der Waals surface area contributed by atoms with Crippen molar-refractivity contribution in [1.29, 1.82) is 0 Å². The van der Waals surface area contributed by atoms with Crippen LogP contribution in [-0.2, 0) is 18.9 Å². The summed E-state index contributed by atoms with van der Waals surface area (Å²) in [5.41, 5.74) is 0.0580. The molecule has 0 aromatic rings. The molecule has 126 valence electrons. The monoisotopic (exact) mass is 310 g/mol. The summed E-state index contributed by atoms with van der Waals surface area (Å²) in [7, 11) is 0. The van der Waals surface area contributed by atoms with Crippen LogP contribution in [0.1, 0.15) is 33.6 Å². The van der Waals surface area contributed by atoms with Crippen LogP contribution in [0.4, 0.5) is 0 Å². The normalized spacial score (nSPS) is 35.3. The van der Waals surface area contributed by atoms with Crippen LogP contribution in [0.3, 0.4) is 0 Å². The highest BCUT2D eigenvalue weighted by atomic mass is 16.6. The van der Waals surface area contributed by atoms with Crippen molar-refractivity contribution in [2.24, 2.45) is 17.3 Å². The van der Waals surface area contributed by atoms with Gasteiger partial charge in [0.1, 0.15) is 13.2 Å². The van der Waals surface area contributed by atoms with Crippen LogP contribution < -0.4 is 0 Å². The molecule has 4 nitrogen and oxygen atoms in total. The Morgan fingerprint density at radius 3 is 2.18 bits per heavy atom. The Hall–Kier alpha value is -1.00. The first-order valence-electron chi connectivity index (χ1n) is 8.17. The fourth-order valence-electron chi connectivity index (χ4n) is 4.25. The molecule has 4 heteroatoms. The quantitative estimate of drug-likeness (QED) is 0.457. The van der Waals surface area contributed by atoms with Gasteiger partial charge in [0.15, 0.2) is 0 Å². The smallest absolute Gasteiger partial charge is 0.111 e. The summed E-state index contributed by atoms with van der Waals surface area (Å²) < 4.78 is 22.7. The van der Waals surface area contributed by atoms with Gasteiger partial charge in [0.05, 0.1) is 37.4 Å². The minimum atomic E-state index is -0.267. The van der Waals surface area contributed by atoms with Crippen LogP contribution >= 0.6 is 0 Å². The number of ether oxygens (including phenoxy) is 4. The van der Waals surface area contributed by atoms with Crippen LogP contribution in [0.5, 0.6) is 0 Å². The molecule has 0 spiro atoms. The van der Waals surface area contributed by atoms with E-state index in [-0.39, 0.29) is 11.7 Å². The van der Waals surface area contributed by atoms with E-state index in [9.17, 15) is 0 Å². The summed E-state index contributed by atoms with van der Waals surface area (Å²) in [6, 6.07) is 0. The first-order chi connectivity index (χ1) is 10.5. The van der Waals surface area contributed by atoms with Crippen molar-refractivity contribution in [3.8, 4) is 0 Å². The van der Waals surface area contributed by atoms with Gasteiger partial charge in [0.2, 0.25) is 0 Å². The Kier molecular flexibility index (Phi) is 5.56. The van der Waals surface area contributed by atoms with Crippen molar-refractivity contribution < 1.29 is 18.9 Å². The first kappa shape index (κ1) is 17.4. The molecule has 3 rings (SSSR count). The van der Waals surface area contributed by atoms with Gasteiger partial charge in [0, 0.05) is 0 Å². The summed E-state index contributed by atoms with van der Waals surface area (Å²) in [6.45, 7) is 16.2. The van der Waals surface area contributed by atoms with Gasteiger partial charge in [-0.05, 0) is 37.0 Å². The molecule has 3 fully saturated rings. The van der Waals surface area contributed by atoms with E-state index in [1.165, 1.54) is 18.9 Å². The van der Waals surface area contributed by atoms with E-state index < -0.39 is 0 Å². The van der Waals surface area contributed by atoms with Gasteiger partial charge >= 0.3 is 0 Å². The van der Waals surface area contributed by atoms with E-state index in [4.69, 9.17) is 18.9 Å².